The summed E-state index contributed by atoms with van der Waals surface area (Å²) in [5.41, 5.74) is 0. The van der Waals surface area contributed by atoms with Gasteiger partial charge in [-0.05, 0) is 32.0 Å². The minimum atomic E-state index is -0.375. The number of fused-ring (bicyclic) bond motifs is 1. The Labute approximate surface area is 84.7 Å². The van der Waals surface area contributed by atoms with E-state index in [1.54, 1.807) is 0 Å². The Kier molecular flexibility index (Phi) is 1.94. The van der Waals surface area contributed by atoms with Gasteiger partial charge in [0.1, 0.15) is 0 Å². The van der Waals surface area contributed by atoms with Crippen molar-refractivity contribution in [1.29, 1.82) is 0 Å². The maximum atomic E-state index is 5.70. The Morgan fingerprint density at radius 2 is 2.14 bits per heavy atom. The fourth-order valence-corrected chi connectivity index (χ4v) is 2.88. The van der Waals surface area contributed by atoms with Crippen LogP contribution in [0, 0.1) is 5.92 Å². The fraction of sp³-hybridized carbons (Fsp3) is 0.818. The number of nitrogens with zero attached hydrogens (tertiary/aromatic N) is 1. The first kappa shape index (κ1) is 8.89. The van der Waals surface area contributed by atoms with E-state index in [2.05, 4.69) is 24.1 Å². The fourth-order valence-electron chi connectivity index (χ4n) is 2.88. The molecule has 0 amide bonds. The zero-order valence-electron chi connectivity index (χ0n) is 8.61. The van der Waals surface area contributed by atoms with Crippen molar-refractivity contribution in [3.8, 4) is 0 Å². The van der Waals surface area contributed by atoms with Crippen LogP contribution in [0.1, 0.15) is 12.8 Å². The van der Waals surface area contributed by atoms with Crippen molar-refractivity contribution in [2.45, 2.75) is 24.7 Å². The number of rotatable bonds is 0. The van der Waals surface area contributed by atoms with Crippen molar-refractivity contribution in [3.05, 3.63) is 12.2 Å². The van der Waals surface area contributed by atoms with Crippen LogP contribution in [-0.2, 0) is 9.47 Å². The Hall–Kier alpha value is -0.380. The number of likely N-dealkylation sites (tertiary alicyclic amines) is 1. The molecule has 3 heteroatoms. The van der Waals surface area contributed by atoms with Gasteiger partial charge in [0.2, 0.25) is 0 Å². The quantitative estimate of drug-likeness (QED) is 0.538. The second-order valence-electron chi connectivity index (χ2n) is 4.57. The van der Waals surface area contributed by atoms with Gasteiger partial charge in [0.05, 0.1) is 13.2 Å². The molecule has 2 heterocycles. The SMILES string of the molecule is CN1CCC2C=CC3(CC21)OCCO3. The van der Waals surface area contributed by atoms with E-state index < -0.39 is 0 Å². The number of hydrogen-bond donors (Lipinski definition) is 0. The van der Waals surface area contributed by atoms with E-state index in [0.717, 1.165) is 25.6 Å². The lowest BCUT2D eigenvalue weighted by Gasteiger charge is -2.35. The summed E-state index contributed by atoms with van der Waals surface area (Å²) < 4.78 is 11.4. The summed E-state index contributed by atoms with van der Waals surface area (Å²) in [4.78, 5) is 2.43. The highest BCUT2D eigenvalue weighted by Gasteiger charge is 2.44. The van der Waals surface area contributed by atoms with E-state index in [9.17, 15) is 0 Å². The minimum absolute atomic E-state index is 0.375. The van der Waals surface area contributed by atoms with Crippen LogP contribution in [0.4, 0.5) is 0 Å². The van der Waals surface area contributed by atoms with Crippen molar-refractivity contribution < 1.29 is 9.47 Å². The third-order valence-electron chi connectivity index (χ3n) is 3.74. The molecule has 0 aromatic heterocycles. The third-order valence-corrected chi connectivity index (χ3v) is 3.74. The van der Waals surface area contributed by atoms with Gasteiger partial charge in [-0.3, -0.25) is 0 Å². The predicted octanol–water partition coefficient (Wildman–Crippen LogP) is 1.01. The van der Waals surface area contributed by atoms with Crippen molar-refractivity contribution in [3.63, 3.8) is 0 Å². The highest BCUT2D eigenvalue weighted by molar-refractivity contribution is 5.12. The highest BCUT2D eigenvalue weighted by atomic mass is 16.7. The third kappa shape index (κ3) is 1.23. The van der Waals surface area contributed by atoms with Crippen LogP contribution in [0.15, 0.2) is 12.2 Å². The number of hydrogen-bond acceptors (Lipinski definition) is 3. The molecule has 2 fully saturated rings. The van der Waals surface area contributed by atoms with Gasteiger partial charge in [-0.25, -0.2) is 0 Å². The van der Waals surface area contributed by atoms with E-state index in [1.165, 1.54) is 13.0 Å². The van der Waals surface area contributed by atoms with Gasteiger partial charge in [-0.15, -0.1) is 0 Å². The molecule has 78 valence electrons. The summed E-state index contributed by atoms with van der Waals surface area (Å²) in [6.45, 7) is 2.69. The van der Waals surface area contributed by atoms with Crippen LogP contribution in [-0.4, -0.2) is 43.5 Å². The van der Waals surface area contributed by atoms with Gasteiger partial charge >= 0.3 is 0 Å². The zero-order chi connectivity index (χ0) is 9.60. The van der Waals surface area contributed by atoms with Crippen molar-refractivity contribution in [2.75, 3.05) is 26.8 Å². The predicted molar refractivity (Wildman–Crippen MR) is 52.9 cm³/mol. The van der Waals surface area contributed by atoms with Crippen LogP contribution in [0.2, 0.25) is 0 Å². The molecule has 0 aromatic carbocycles. The van der Waals surface area contributed by atoms with Crippen LogP contribution < -0.4 is 0 Å². The first-order valence-corrected chi connectivity index (χ1v) is 5.47. The first-order valence-electron chi connectivity index (χ1n) is 5.47. The summed E-state index contributed by atoms with van der Waals surface area (Å²) in [5.74, 6) is 0.346. The van der Waals surface area contributed by atoms with Gasteiger partial charge in [0.25, 0.3) is 0 Å². The van der Waals surface area contributed by atoms with Gasteiger partial charge in [0.15, 0.2) is 5.79 Å². The molecule has 0 aromatic rings. The molecule has 0 bridgehead atoms. The lowest BCUT2D eigenvalue weighted by Crippen LogP contribution is -2.42. The summed E-state index contributed by atoms with van der Waals surface area (Å²) in [6, 6.07) is 0.623. The molecule has 2 unspecified atom stereocenters. The molecule has 1 spiro atoms. The molecular formula is C11H17NO2. The van der Waals surface area contributed by atoms with Crippen molar-refractivity contribution in [1.82, 2.24) is 4.90 Å². The van der Waals surface area contributed by atoms with Gasteiger partial charge in [-0.1, -0.05) is 6.08 Å². The summed E-state index contributed by atoms with van der Waals surface area (Å²) >= 11 is 0. The largest absolute Gasteiger partial charge is 0.344 e. The van der Waals surface area contributed by atoms with Crippen molar-refractivity contribution in [2.24, 2.45) is 5.92 Å². The van der Waals surface area contributed by atoms with E-state index in [1.807, 2.05) is 0 Å². The molecule has 14 heavy (non-hydrogen) atoms. The van der Waals surface area contributed by atoms with E-state index in [-0.39, 0.29) is 5.79 Å². The molecular weight excluding hydrogens is 178 g/mol. The van der Waals surface area contributed by atoms with Gasteiger partial charge in [0, 0.05) is 12.5 Å². The van der Waals surface area contributed by atoms with E-state index >= 15 is 0 Å². The lowest BCUT2D eigenvalue weighted by molar-refractivity contribution is -0.136. The molecule has 3 nitrogen and oxygen atoms in total. The molecule has 3 rings (SSSR count). The Morgan fingerprint density at radius 3 is 2.93 bits per heavy atom. The highest BCUT2D eigenvalue weighted by Crippen LogP contribution is 2.39. The average molecular weight is 195 g/mol. The van der Waals surface area contributed by atoms with Crippen molar-refractivity contribution >= 4 is 0 Å². The van der Waals surface area contributed by atoms with E-state index in [0.29, 0.717) is 6.04 Å². The second kappa shape index (κ2) is 3.05. The van der Waals surface area contributed by atoms with Crippen LogP contribution in [0.25, 0.3) is 0 Å². The molecule has 0 saturated carbocycles. The normalized spacial score (nSPS) is 40.6. The van der Waals surface area contributed by atoms with Gasteiger partial charge < -0.3 is 14.4 Å². The van der Waals surface area contributed by atoms with Crippen LogP contribution in [0.3, 0.4) is 0 Å². The molecule has 2 aliphatic heterocycles. The molecule has 0 radical (unpaired) electrons. The monoisotopic (exact) mass is 195 g/mol. The number of ether oxygens (including phenoxy) is 2. The Morgan fingerprint density at radius 1 is 1.36 bits per heavy atom. The minimum Gasteiger partial charge on any atom is -0.344 e. The summed E-state index contributed by atoms with van der Waals surface area (Å²) in [6.07, 6.45) is 6.72. The Bertz CT molecular complexity index is 258. The van der Waals surface area contributed by atoms with Crippen LogP contribution >= 0.6 is 0 Å². The van der Waals surface area contributed by atoms with Crippen LogP contribution in [0.5, 0.6) is 0 Å². The molecule has 0 N–H and O–H groups in total. The smallest absolute Gasteiger partial charge is 0.189 e. The van der Waals surface area contributed by atoms with Gasteiger partial charge in [-0.2, -0.15) is 0 Å². The second-order valence-corrected chi connectivity index (χ2v) is 4.57. The Balaban J connectivity index is 1.84. The molecule has 1 aliphatic carbocycles. The lowest BCUT2D eigenvalue weighted by atomic mass is 9.87. The summed E-state index contributed by atoms with van der Waals surface area (Å²) in [7, 11) is 2.20. The van der Waals surface area contributed by atoms with E-state index in [4.69, 9.17) is 9.47 Å². The summed E-state index contributed by atoms with van der Waals surface area (Å²) in [5, 5.41) is 0. The maximum Gasteiger partial charge on any atom is 0.189 e. The molecule has 2 atom stereocenters. The maximum absolute atomic E-state index is 5.70. The zero-order valence-corrected chi connectivity index (χ0v) is 8.61. The first-order chi connectivity index (χ1) is 6.79. The molecule has 3 aliphatic rings. The standard InChI is InChI=1S/C11H17NO2/c1-12-5-3-9-2-4-11(8-10(9)12)13-6-7-14-11/h2,4,9-10H,3,5-8H2,1H3. The topological polar surface area (TPSA) is 21.7 Å². The molecule has 2 saturated heterocycles. The average Bonchev–Trinajstić information content (AvgIpc) is 2.77.